The third kappa shape index (κ3) is 8.47. The Bertz CT molecular complexity index is 1310. The molecule has 11 heteroatoms. The fourth-order valence-electron chi connectivity index (χ4n) is 3.15. The van der Waals surface area contributed by atoms with Crippen LogP contribution in [0, 0.1) is 10.5 Å². The van der Waals surface area contributed by atoms with Crippen LogP contribution >= 0.6 is 22.6 Å². The second-order valence-electron chi connectivity index (χ2n) is 7.97. The van der Waals surface area contributed by atoms with Crippen LogP contribution in [0.15, 0.2) is 65.8 Å². The molecule has 0 aromatic heterocycles. The summed E-state index contributed by atoms with van der Waals surface area (Å²) in [6, 6.07) is 17.9. The molecule has 3 rings (SSSR count). The van der Waals surface area contributed by atoms with Gasteiger partial charge in [0.05, 0.1) is 24.0 Å². The summed E-state index contributed by atoms with van der Waals surface area (Å²) in [5.74, 6) is -0.572. The SMILES string of the molecule is COc1ccc(CNC(=O)C(=O)N/N=C\c2cc(I)c(OCC(=O)Nc3ccc(C)cc3)c(OC)c2)cc1. The van der Waals surface area contributed by atoms with Crippen molar-refractivity contribution >= 4 is 52.2 Å². The summed E-state index contributed by atoms with van der Waals surface area (Å²) in [4.78, 5) is 36.4. The zero-order valence-corrected chi connectivity index (χ0v) is 23.2. The molecule has 0 aliphatic rings. The quantitative estimate of drug-likeness (QED) is 0.137. The number of benzene rings is 3. The molecule has 0 heterocycles. The molecule has 0 unspecified atom stereocenters. The second kappa shape index (κ2) is 14.0. The van der Waals surface area contributed by atoms with Gasteiger partial charge < -0.3 is 24.8 Å². The van der Waals surface area contributed by atoms with Crippen molar-refractivity contribution in [3.63, 3.8) is 0 Å². The van der Waals surface area contributed by atoms with Crippen molar-refractivity contribution in [2.24, 2.45) is 5.10 Å². The third-order valence-corrected chi connectivity index (χ3v) is 5.93. The highest BCUT2D eigenvalue weighted by Crippen LogP contribution is 2.33. The van der Waals surface area contributed by atoms with Crippen LogP contribution in [-0.4, -0.2) is 44.8 Å². The number of aryl methyl sites for hydroxylation is 1. The minimum Gasteiger partial charge on any atom is -0.497 e. The predicted molar refractivity (Wildman–Crippen MR) is 152 cm³/mol. The molecule has 3 aromatic carbocycles. The lowest BCUT2D eigenvalue weighted by molar-refractivity contribution is -0.139. The van der Waals surface area contributed by atoms with Gasteiger partial charge in [0.2, 0.25) is 0 Å². The van der Waals surface area contributed by atoms with E-state index < -0.39 is 11.8 Å². The Morgan fingerprint density at radius 3 is 2.32 bits per heavy atom. The van der Waals surface area contributed by atoms with Gasteiger partial charge in [-0.1, -0.05) is 29.8 Å². The molecular formula is C27H27IN4O6. The van der Waals surface area contributed by atoms with Gasteiger partial charge in [0.25, 0.3) is 5.91 Å². The number of halogens is 1. The molecule has 198 valence electrons. The zero-order valence-electron chi connectivity index (χ0n) is 21.0. The molecule has 3 N–H and O–H groups in total. The first kappa shape index (κ1) is 28.4. The monoisotopic (exact) mass is 630 g/mol. The van der Waals surface area contributed by atoms with E-state index in [1.807, 2.05) is 53.8 Å². The van der Waals surface area contributed by atoms with E-state index in [9.17, 15) is 14.4 Å². The van der Waals surface area contributed by atoms with Crippen molar-refractivity contribution in [3.8, 4) is 17.2 Å². The Morgan fingerprint density at radius 2 is 1.66 bits per heavy atom. The van der Waals surface area contributed by atoms with Gasteiger partial charge in [-0.15, -0.1) is 0 Å². The molecule has 0 fully saturated rings. The first-order valence-corrected chi connectivity index (χ1v) is 12.5. The highest BCUT2D eigenvalue weighted by Gasteiger charge is 2.15. The van der Waals surface area contributed by atoms with Crippen LogP contribution in [0.4, 0.5) is 5.69 Å². The predicted octanol–water partition coefficient (Wildman–Crippen LogP) is 3.40. The molecule has 0 aliphatic heterocycles. The molecule has 0 spiro atoms. The molecule has 10 nitrogen and oxygen atoms in total. The van der Waals surface area contributed by atoms with Crippen molar-refractivity contribution in [2.45, 2.75) is 13.5 Å². The van der Waals surface area contributed by atoms with E-state index in [0.717, 1.165) is 11.1 Å². The van der Waals surface area contributed by atoms with E-state index in [-0.39, 0.29) is 19.1 Å². The van der Waals surface area contributed by atoms with Crippen LogP contribution in [0.5, 0.6) is 17.2 Å². The van der Waals surface area contributed by atoms with Crippen LogP contribution < -0.4 is 30.3 Å². The minimum absolute atomic E-state index is 0.180. The highest BCUT2D eigenvalue weighted by atomic mass is 127. The topological polar surface area (TPSA) is 127 Å². The summed E-state index contributed by atoms with van der Waals surface area (Å²) in [5.41, 5.74) is 5.36. The summed E-state index contributed by atoms with van der Waals surface area (Å²) in [7, 11) is 3.04. The van der Waals surface area contributed by atoms with Gasteiger partial charge >= 0.3 is 11.8 Å². The van der Waals surface area contributed by atoms with E-state index in [0.29, 0.717) is 32.1 Å². The van der Waals surface area contributed by atoms with Crippen LogP contribution in [0.3, 0.4) is 0 Å². The van der Waals surface area contributed by atoms with E-state index in [4.69, 9.17) is 14.2 Å². The van der Waals surface area contributed by atoms with Gasteiger partial charge in [-0.3, -0.25) is 14.4 Å². The lowest BCUT2D eigenvalue weighted by Gasteiger charge is -2.13. The van der Waals surface area contributed by atoms with Crippen LogP contribution in [-0.2, 0) is 20.9 Å². The molecular weight excluding hydrogens is 603 g/mol. The zero-order chi connectivity index (χ0) is 27.5. The molecule has 0 bridgehead atoms. The summed E-state index contributed by atoms with van der Waals surface area (Å²) in [5, 5.41) is 9.14. The lowest BCUT2D eigenvalue weighted by atomic mass is 10.2. The van der Waals surface area contributed by atoms with Crippen molar-refractivity contribution in [1.82, 2.24) is 10.7 Å². The largest absolute Gasteiger partial charge is 0.497 e. The Kier molecular flexibility index (Phi) is 10.5. The second-order valence-corrected chi connectivity index (χ2v) is 9.13. The maximum atomic E-state index is 12.3. The van der Waals surface area contributed by atoms with E-state index in [1.54, 1.807) is 43.5 Å². The molecule has 0 radical (unpaired) electrons. The van der Waals surface area contributed by atoms with Gasteiger partial charge in [-0.2, -0.15) is 5.10 Å². The Labute approximate surface area is 233 Å². The molecule has 0 atom stereocenters. The van der Waals surface area contributed by atoms with Crippen molar-refractivity contribution in [1.29, 1.82) is 0 Å². The summed E-state index contributed by atoms with van der Waals surface area (Å²) >= 11 is 2.05. The Balaban J connectivity index is 1.52. The molecule has 3 aromatic rings. The average Bonchev–Trinajstić information content (AvgIpc) is 2.92. The van der Waals surface area contributed by atoms with Gasteiger partial charge in [-0.05, 0) is 77.0 Å². The number of carbonyl (C=O) groups excluding carboxylic acids is 3. The average molecular weight is 630 g/mol. The molecule has 38 heavy (non-hydrogen) atoms. The standard InChI is InChI=1S/C27H27IN4O6/c1-17-4-8-20(9-5-17)31-24(33)16-38-25-22(28)12-19(13-23(25)37-3)15-30-32-27(35)26(34)29-14-18-6-10-21(36-2)11-7-18/h4-13,15H,14,16H2,1-3H3,(H,29,34)(H,31,33)(H,32,35)/b30-15-. The number of nitrogens with one attached hydrogen (secondary N) is 3. The van der Waals surface area contributed by atoms with Crippen molar-refractivity contribution in [3.05, 3.63) is 80.9 Å². The smallest absolute Gasteiger partial charge is 0.329 e. The number of hydrogen-bond acceptors (Lipinski definition) is 7. The third-order valence-electron chi connectivity index (χ3n) is 5.13. The Morgan fingerprint density at radius 1 is 0.947 bits per heavy atom. The summed E-state index contributed by atoms with van der Waals surface area (Å²) in [6.07, 6.45) is 1.37. The van der Waals surface area contributed by atoms with E-state index in [1.165, 1.54) is 13.3 Å². The van der Waals surface area contributed by atoms with Gasteiger partial charge in [0.15, 0.2) is 18.1 Å². The van der Waals surface area contributed by atoms with Gasteiger partial charge in [-0.25, -0.2) is 5.43 Å². The number of methoxy groups -OCH3 is 2. The number of amides is 3. The first-order valence-electron chi connectivity index (χ1n) is 11.4. The number of hydrogen-bond donors (Lipinski definition) is 3. The fraction of sp³-hybridized carbons (Fsp3) is 0.185. The normalized spacial score (nSPS) is 10.5. The van der Waals surface area contributed by atoms with Crippen LogP contribution in [0.1, 0.15) is 16.7 Å². The minimum atomic E-state index is -0.907. The Hall–Kier alpha value is -4.13. The summed E-state index contributed by atoms with van der Waals surface area (Å²) < 4.78 is 16.9. The lowest BCUT2D eigenvalue weighted by Crippen LogP contribution is -2.37. The van der Waals surface area contributed by atoms with Crippen LogP contribution in [0.2, 0.25) is 0 Å². The number of anilines is 1. The number of rotatable bonds is 10. The van der Waals surface area contributed by atoms with Crippen molar-refractivity contribution < 1.29 is 28.6 Å². The van der Waals surface area contributed by atoms with E-state index in [2.05, 4.69) is 21.2 Å². The molecule has 0 saturated heterocycles. The maximum absolute atomic E-state index is 12.3. The number of nitrogens with zero attached hydrogens (tertiary/aromatic N) is 1. The highest BCUT2D eigenvalue weighted by molar-refractivity contribution is 14.1. The van der Waals surface area contributed by atoms with Gasteiger partial charge in [0, 0.05) is 12.2 Å². The summed E-state index contributed by atoms with van der Waals surface area (Å²) in [6.45, 7) is 1.93. The molecule has 0 saturated carbocycles. The number of ether oxygens (including phenoxy) is 3. The van der Waals surface area contributed by atoms with Gasteiger partial charge in [0.1, 0.15) is 5.75 Å². The maximum Gasteiger partial charge on any atom is 0.329 e. The van der Waals surface area contributed by atoms with Crippen LogP contribution in [0.25, 0.3) is 0 Å². The first-order chi connectivity index (χ1) is 18.3. The molecule has 3 amide bonds. The van der Waals surface area contributed by atoms with Crippen molar-refractivity contribution in [2.75, 3.05) is 26.1 Å². The van der Waals surface area contributed by atoms with E-state index >= 15 is 0 Å². The fourth-order valence-corrected chi connectivity index (χ4v) is 3.93. The number of hydrazone groups is 1. The molecule has 0 aliphatic carbocycles. The number of carbonyl (C=O) groups is 3.